The van der Waals surface area contributed by atoms with Gasteiger partial charge in [-0.3, -0.25) is 0 Å². The van der Waals surface area contributed by atoms with Gasteiger partial charge in [0.15, 0.2) is 0 Å². The van der Waals surface area contributed by atoms with Crippen LogP contribution in [-0.2, 0) is 12.7 Å². The van der Waals surface area contributed by atoms with Crippen molar-refractivity contribution in [1.29, 1.82) is 0 Å². The van der Waals surface area contributed by atoms with Crippen LogP contribution in [0.25, 0.3) is 0 Å². The van der Waals surface area contributed by atoms with E-state index in [1.54, 1.807) is 23.2 Å². The number of anilines is 1. The number of hydrogen-bond donors (Lipinski definition) is 2. The van der Waals surface area contributed by atoms with Gasteiger partial charge in [0.05, 0.1) is 17.9 Å². The second-order valence-electron chi connectivity index (χ2n) is 7.59. The van der Waals surface area contributed by atoms with E-state index in [1.807, 2.05) is 0 Å². The molecule has 1 aromatic carbocycles. The van der Waals surface area contributed by atoms with Gasteiger partial charge < -0.3 is 20.1 Å². The van der Waals surface area contributed by atoms with Crippen LogP contribution in [-0.4, -0.2) is 40.6 Å². The molecule has 2 aliphatic rings. The first-order valence-corrected chi connectivity index (χ1v) is 9.79. The molecule has 0 spiro atoms. The highest BCUT2D eigenvalue weighted by atomic mass is 19.4. The average molecular weight is 415 g/mol. The Morgan fingerprint density at radius 1 is 1.37 bits per heavy atom. The molecule has 5 nitrogen and oxygen atoms in total. The number of nitrogens with zero attached hydrogens (tertiary/aromatic N) is 3. The van der Waals surface area contributed by atoms with Crippen LogP contribution in [0.5, 0.6) is 0 Å². The minimum Gasteiger partial charge on any atom is -0.366 e. The van der Waals surface area contributed by atoms with Crippen LogP contribution in [0.2, 0.25) is 0 Å². The molecular formula is C22H24F3N5. The fourth-order valence-electron chi connectivity index (χ4n) is 3.91. The Balaban J connectivity index is 1.41. The molecule has 0 amide bonds. The molecule has 2 aliphatic heterocycles. The summed E-state index contributed by atoms with van der Waals surface area (Å²) in [6, 6.07) is 5.35. The monoisotopic (exact) mass is 415 g/mol. The molecule has 4 rings (SSSR count). The van der Waals surface area contributed by atoms with E-state index in [4.69, 9.17) is 0 Å². The summed E-state index contributed by atoms with van der Waals surface area (Å²) < 4.78 is 40.5. The Kier molecular flexibility index (Phi) is 5.42. The van der Waals surface area contributed by atoms with Crippen molar-refractivity contribution < 1.29 is 13.2 Å². The predicted molar refractivity (Wildman–Crippen MR) is 111 cm³/mol. The number of nitrogens with one attached hydrogen (secondary N) is 2. The summed E-state index contributed by atoms with van der Waals surface area (Å²) >= 11 is 0. The van der Waals surface area contributed by atoms with Crippen molar-refractivity contribution in [2.24, 2.45) is 0 Å². The average Bonchev–Trinajstić information content (AvgIpc) is 3.14. The van der Waals surface area contributed by atoms with Crippen molar-refractivity contribution in [2.75, 3.05) is 25.5 Å². The molecule has 3 heterocycles. The zero-order chi connectivity index (χ0) is 21.3. The summed E-state index contributed by atoms with van der Waals surface area (Å²) in [6.45, 7) is 6.32. The van der Waals surface area contributed by atoms with Gasteiger partial charge in [-0.05, 0) is 23.3 Å². The fourth-order valence-corrected chi connectivity index (χ4v) is 3.91. The number of hydrogen-bond acceptors (Lipinski definition) is 4. The minimum absolute atomic E-state index is 0.00969. The Hall–Kier alpha value is -3.00. The number of imidazole rings is 1. The maximum atomic E-state index is 12.9. The van der Waals surface area contributed by atoms with E-state index in [2.05, 4.69) is 46.3 Å². The topological polar surface area (TPSA) is 45.1 Å². The molecule has 0 saturated heterocycles. The second kappa shape index (κ2) is 8.02. The van der Waals surface area contributed by atoms with Crippen molar-refractivity contribution in [3.05, 3.63) is 83.6 Å². The van der Waals surface area contributed by atoms with Crippen LogP contribution in [0.4, 0.5) is 19.0 Å². The molecule has 0 radical (unpaired) electrons. The number of rotatable bonds is 5. The maximum absolute atomic E-state index is 12.9. The Morgan fingerprint density at radius 3 is 3.00 bits per heavy atom. The second-order valence-corrected chi connectivity index (χ2v) is 7.59. The quantitative estimate of drug-likeness (QED) is 0.775. The number of alkyl halides is 3. The van der Waals surface area contributed by atoms with Gasteiger partial charge in [0.1, 0.15) is 5.82 Å². The highest BCUT2D eigenvalue weighted by Crippen LogP contribution is 2.30. The van der Waals surface area contributed by atoms with Crippen molar-refractivity contribution >= 4 is 5.82 Å². The van der Waals surface area contributed by atoms with E-state index < -0.39 is 11.7 Å². The molecule has 1 atom stereocenters. The van der Waals surface area contributed by atoms with Gasteiger partial charge in [-0.1, -0.05) is 30.9 Å². The fraction of sp³-hybridized carbons (Fsp3) is 0.318. The van der Waals surface area contributed by atoms with Gasteiger partial charge in [0.25, 0.3) is 0 Å². The standard InChI is InChI=1S/C22H24F3N5/c1-15(19-7-6-17-11-26-9-8-20(17)29(19)2)28-21-13-30(14-27-21)12-16-4-3-5-18(10-16)22(23,24)25/h3-7,10,13-14,19,26,28H,1,8-9,11-12H2,2H3. The van der Waals surface area contributed by atoms with E-state index >= 15 is 0 Å². The highest BCUT2D eigenvalue weighted by molar-refractivity contribution is 5.45. The summed E-state index contributed by atoms with van der Waals surface area (Å²) in [5.41, 5.74) is 3.33. The van der Waals surface area contributed by atoms with Crippen molar-refractivity contribution in [2.45, 2.75) is 25.2 Å². The Morgan fingerprint density at radius 2 is 2.20 bits per heavy atom. The summed E-state index contributed by atoms with van der Waals surface area (Å²) in [5, 5.41) is 6.62. The van der Waals surface area contributed by atoms with Gasteiger partial charge in [0, 0.05) is 50.7 Å². The van der Waals surface area contributed by atoms with Crippen LogP contribution >= 0.6 is 0 Å². The molecular weight excluding hydrogens is 391 g/mol. The summed E-state index contributed by atoms with van der Waals surface area (Å²) in [7, 11) is 2.06. The summed E-state index contributed by atoms with van der Waals surface area (Å²) in [6.07, 6.45) is 4.26. The van der Waals surface area contributed by atoms with Crippen LogP contribution in [0.15, 0.2) is 72.5 Å². The molecule has 1 aromatic heterocycles. The Bertz CT molecular complexity index is 1000. The lowest BCUT2D eigenvalue weighted by Gasteiger charge is -2.37. The summed E-state index contributed by atoms with van der Waals surface area (Å²) in [5.74, 6) is 0.610. The first-order valence-electron chi connectivity index (χ1n) is 9.79. The van der Waals surface area contributed by atoms with Gasteiger partial charge in [-0.25, -0.2) is 4.98 Å². The van der Waals surface area contributed by atoms with Gasteiger partial charge in [-0.15, -0.1) is 0 Å². The van der Waals surface area contributed by atoms with E-state index in [0.717, 1.165) is 37.3 Å². The molecule has 30 heavy (non-hydrogen) atoms. The van der Waals surface area contributed by atoms with Gasteiger partial charge in [-0.2, -0.15) is 13.2 Å². The van der Waals surface area contributed by atoms with Crippen LogP contribution < -0.4 is 10.6 Å². The maximum Gasteiger partial charge on any atom is 0.416 e. The van der Waals surface area contributed by atoms with Crippen molar-refractivity contribution in [1.82, 2.24) is 19.8 Å². The number of aromatic nitrogens is 2. The largest absolute Gasteiger partial charge is 0.416 e. The van der Waals surface area contributed by atoms with Crippen LogP contribution in [0.1, 0.15) is 17.5 Å². The molecule has 8 heteroatoms. The normalized spacial score (nSPS) is 19.1. The molecule has 0 aliphatic carbocycles. The van der Waals surface area contributed by atoms with E-state index in [9.17, 15) is 13.2 Å². The molecule has 1 unspecified atom stereocenters. The van der Waals surface area contributed by atoms with Gasteiger partial charge in [0.2, 0.25) is 0 Å². The third-order valence-corrected chi connectivity index (χ3v) is 5.45. The third-order valence-electron chi connectivity index (χ3n) is 5.45. The lowest BCUT2D eigenvalue weighted by molar-refractivity contribution is -0.137. The minimum atomic E-state index is -4.35. The Labute approximate surface area is 173 Å². The predicted octanol–water partition coefficient (Wildman–Crippen LogP) is 3.99. The van der Waals surface area contributed by atoms with Crippen LogP contribution in [0.3, 0.4) is 0 Å². The van der Waals surface area contributed by atoms with Crippen LogP contribution in [0, 0.1) is 0 Å². The number of benzene rings is 1. The highest BCUT2D eigenvalue weighted by Gasteiger charge is 2.30. The van der Waals surface area contributed by atoms with E-state index in [1.165, 1.54) is 17.3 Å². The van der Waals surface area contributed by atoms with E-state index in [-0.39, 0.29) is 6.04 Å². The molecule has 158 valence electrons. The first kappa shape index (κ1) is 20.3. The lowest BCUT2D eigenvalue weighted by atomic mass is 9.98. The molecule has 2 aromatic rings. The van der Waals surface area contributed by atoms with Crippen molar-refractivity contribution in [3.63, 3.8) is 0 Å². The SMILES string of the molecule is C=C(Nc1cn(Cc2cccc(C(F)(F)F)c2)cn1)C1C=CC2=C(CCNC2)N1C. The zero-order valence-electron chi connectivity index (χ0n) is 16.7. The zero-order valence-corrected chi connectivity index (χ0v) is 16.7. The molecule has 0 bridgehead atoms. The molecule has 2 N–H and O–H groups in total. The third kappa shape index (κ3) is 4.28. The van der Waals surface area contributed by atoms with Crippen molar-refractivity contribution in [3.8, 4) is 0 Å². The first-order chi connectivity index (χ1) is 14.3. The number of halogens is 3. The summed E-state index contributed by atoms with van der Waals surface area (Å²) in [4.78, 5) is 6.56. The van der Waals surface area contributed by atoms with Gasteiger partial charge >= 0.3 is 6.18 Å². The lowest BCUT2D eigenvalue weighted by Crippen LogP contribution is -2.40. The number of likely N-dealkylation sites (N-methyl/N-ethyl adjacent to an activating group) is 1. The van der Waals surface area contributed by atoms with E-state index in [0.29, 0.717) is 17.9 Å². The smallest absolute Gasteiger partial charge is 0.366 e. The molecule has 0 saturated carbocycles. The molecule has 0 fully saturated rings.